The van der Waals surface area contributed by atoms with Crippen LogP contribution in [0.3, 0.4) is 0 Å². The lowest BCUT2D eigenvalue weighted by atomic mass is 10.1. The summed E-state index contributed by atoms with van der Waals surface area (Å²) in [5.41, 5.74) is 1.98. The molecule has 1 aromatic carbocycles. The smallest absolute Gasteiger partial charge is 0.232 e. The van der Waals surface area contributed by atoms with Gasteiger partial charge in [-0.1, -0.05) is 6.07 Å². The van der Waals surface area contributed by atoms with E-state index in [1.807, 2.05) is 30.3 Å². The van der Waals surface area contributed by atoms with Gasteiger partial charge in [-0.25, -0.2) is 0 Å². The Morgan fingerprint density at radius 3 is 2.69 bits per heavy atom. The Balaban J connectivity index is 1.39. The first kappa shape index (κ1) is 27.5. The predicted molar refractivity (Wildman–Crippen MR) is 137 cm³/mol. The summed E-state index contributed by atoms with van der Waals surface area (Å²) in [4.78, 5) is 41.6. The largest absolute Gasteiger partial charge is 0.493 e. The molecule has 1 aliphatic heterocycles. The van der Waals surface area contributed by atoms with Crippen molar-refractivity contribution in [2.75, 3.05) is 44.9 Å². The van der Waals surface area contributed by atoms with Crippen LogP contribution >= 0.6 is 11.8 Å². The van der Waals surface area contributed by atoms with Gasteiger partial charge in [0.05, 0.1) is 31.8 Å². The van der Waals surface area contributed by atoms with Crippen LogP contribution in [-0.2, 0) is 32.1 Å². The summed E-state index contributed by atoms with van der Waals surface area (Å²) in [5, 5.41) is 2.84. The van der Waals surface area contributed by atoms with Gasteiger partial charge in [-0.3, -0.25) is 14.6 Å². The lowest BCUT2D eigenvalue weighted by molar-refractivity contribution is -0.137. The molecule has 1 N–H and O–H groups in total. The maximum Gasteiger partial charge on any atom is 0.232 e. The standard InChI is InChI=1S/C26H33N3O6S/c1-19(30)3-4-20-5-6-23(24(13-20)33-2)35-16-22-15-29(11-12-34-22)26(32)18-36-17-25(31)28-14-21-7-9-27-10-8-21/h5-10,13,22H,3-4,11-12,14-18H2,1-2H3,(H,28,31). The van der Waals surface area contributed by atoms with Crippen molar-refractivity contribution in [2.24, 2.45) is 0 Å². The average molecular weight is 516 g/mol. The summed E-state index contributed by atoms with van der Waals surface area (Å²) in [7, 11) is 1.57. The number of carbonyl (C=O) groups excluding carboxylic acids is 3. The van der Waals surface area contributed by atoms with E-state index in [1.54, 1.807) is 31.3 Å². The van der Waals surface area contributed by atoms with Crippen LogP contribution in [0.4, 0.5) is 0 Å². The van der Waals surface area contributed by atoms with Gasteiger partial charge in [-0.15, -0.1) is 11.8 Å². The number of aromatic nitrogens is 1. The average Bonchev–Trinajstić information content (AvgIpc) is 2.90. The van der Waals surface area contributed by atoms with Crippen LogP contribution in [0.1, 0.15) is 24.5 Å². The third kappa shape index (κ3) is 9.16. The molecule has 0 aliphatic carbocycles. The minimum atomic E-state index is -0.265. The number of pyridine rings is 1. The second-order valence-electron chi connectivity index (χ2n) is 8.46. The van der Waals surface area contributed by atoms with Gasteiger partial charge in [0.15, 0.2) is 11.5 Å². The van der Waals surface area contributed by atoms with Gasteiger partial charge in [0.25, 0.3) is 0 Å². The summed E-state index contributed by atoms with van der Waals surface area (Å²) in [6.45, 7) is 3.65. The number of hydrogen-bond acceptors (Lipinski definition) is 8. The summed E-state index contributed by atoms with van der Waals surface area (Å²) >= 11 is 1.30. The van der Waals surface area contributed by atoms with Crippen molar-refractivity contribution in [1.29, 1.82) is 0 Å². The first-order chi connectivity index (χ1) is 17.4. The van der Waals surface area contributed by atoms with Crippen molar-refractivity contribution in [3.05, 3.63) is 53.9 Å². The van der Waals surface area contributed by atoms with Gasteiger partial charge >= 0.3 is 0 Å². The van der Waals surface area contributed by atoms with E-state index in [2.05, 4.69) is 10.3 Å². The zero-order valence-electron chi connectivity index (χ0n) is 20.7. The van der Waals surface area contributed by atoms with Crippen LogP contribution in [0.2, 0.25) is 0 Å². The molecule has 194 valence electrons. The highest BCUT2D eigenvalue weighted by atomic mass is 32.2. The van der Waals surface area contributed by atoms with Crippen molar-refractivity contribution < 1.29 is 28.6 Å². The van der Waals surface area contributed by atoms with E-state index < -0.39 is 0 Å². The molecule has 1 aromatic heterocycles. The Kier molecular flexibility index (Phi) is 11.0. The zero-order chi connectivity index (χ0) is 25.8. The number of Topliss-reactive ketones (excluding diaryl/α,β-unsaturated/α-hetero) is 1. The van der Waals surface area contributed by atoms with Crippen molar-refractivity contribution in [2.45, 2.75) is 32.4 Å². The Hall–Kier alpha value is -3.11. The second-order valence-corrected chi connectivity index (χ2v) is 9.44. The molecule has 9 nitrogen and oxygen atoms in total. The second kappa shape index (κ2) is 14.4. The highest BCUT2D eigenvalue weighted by Crippen LogP contribution is 2.29. The minimum absolute atomic E-state index is 0.0253. The third-order valence-electron chi connectivity index (χ3n) is 5.61. The van der Waals surface area contributed by atoms with Crippen LogP contribution in [0.25, 0.3) is 0 Å². The number of nitrogens with one attached hydrogen (secondary N) is 1. The third-order valence-corrected chi connectivity index (χ3v) is 6.53. The molecule has 2 amide bonds. The zero-order valence-corrected chi connectivity index (χ0v) is 21.6. The molecular formula is C26H33N3O6S. The van der Waals surface area contributed by atoms with Crippen molar-refractivity contribution in [3.63, 3.8) is 0 Å². The Morgan fingerprint density at radius 2 is 1.94 bits per heavy atom. The lowest BCUT2D eigenvalue weighted by Crippen LogP contribution is -2.48. The van der Waals surface area contributed by atoms with Crippen molar-refractivity contribution >= 4 is 29.4 Å². The number of morpholine rings is 1. The van der Waals surface area contributed by atoms with E-state index in [9.17, 15) is 14.4 Å². The van der Waals surface area contributed by atoms with Gasteiger partial charge < -0.3 is 29.2 Å². The van der Waals surface area contributed by atoms with E-state index in [1.165, 1.54) is 11.8 Å². The number of rotatable bonds is 13. The topological polar surface area (TPSA) is 107 Å². The fourth-order valence-corrected chi connectivity index (χ4v) is 4.36. The molecular weight excluding hydrogens is 482 g/mol. The van der Waals surface area contributed by atoms with Gasteiger partial charge in [0.2, 0.25) is 11.8 Å². The van der Waals surface area contributed by atoms with Gasteiger partial charge in [-0.2, -0.15) is 0 Å². The minimum Gasteiger partial charge on any atom is -0.493 e. The number of ether oxygens (including phenoxy) is 3. The molecule has 3 rings (SSSR count). The molecule has 1 atom stereocenters. The van der Waals surface area contributed by atoms with Crippen molar-refractivity contribution in [3.8, 4) is 11.5 Å². The van der Waals surface area contributed by atoms with Gasteiger partial charge in [0.1, 0.15) is 18.5 Å². The fraction of sp³-hybridized carbons (Fsp3) is 0.462. The molecule has 1 saturated heterocycles. The first-order valence-electron chi connectivity index (χ1n) is 11.9. The molecule has 1 fully saturated rings. The highest BCUT2D eigenvalue weighted by molar-refractivity contribution is 8.00. The fourth-order valence-electron chi connectivity index (χ4n) is 3.61. The van der Waals surface area contributed by atoms with Crippen LogP contribution in [-0.4, -0.2) is 78.5 Å². The number of aryl methyl sites for hydroxylation is 1. The lowest BCUT2D eigenvalue weighted by Gasteiger charge is -2.33. The van der Waals surface area contributed by atoms with Gasteiger partial charge in [-0.05, 0) is 48.7 Å². The molecule has 0 saturated carbocycles. The number of amides is 2. The molecule has 1 aliphatic rings. The number of methoxy groups -OCH3 is 1. The molecule has 0 radical (unpaired) electrons. The number of nitrogens with zero attached hydrogens (tertiary/aromatic N) is 2. The van der Waals surface area contributed by atoms with Crippen molar-refractivity contribution in [1.82, 2.24) is 15.2 Å². The number of benzene rings is 1. The molecule has 36 heavy (non-hydrogen) atoms. The predicted octanol–water partition coefficient (Wildman–Crippen LogP) is 2.27. The molecule has 2 aromatic rings. The van der Waals surface area contributed by atoms with E-state index in [4.69, 9.17) is 14.2 Å². The number of carbonyl (C=O) groups is 3. The first-order valence-corrected chi connectivity index (χ1v) is 13.0. The summed E-state index contributed by atoms with van der Waals surface area (Å²) in [6.07, 6.45) is 4.23. The molecule has 2 heterocycles. The van der Waals surface area contributed by atoms with E-state index >= 15 is 0 Å². The van der Waals surface area contributed by atoms with E-state index in [-0.39, 0.29) is 41.8 Å². The van der Waals surface area contributed by atoms with Gasteiger partial charge in [0, 0.05) is 31.9 Å². The summed E-state index contributed by atoms with van der Waals surface area (Å²) in [5.74, 6) is 1.64. The number of ketones is 1. The highest BCUT2D eigenvalue weighted by Gasteiger charge is 2.25. The normalized spacial score (nSPS) is 15.3. The SMILES string of the molecule is COc1cc(CCC(C)=O)ccc1OCC1CN(C(=O)CSCC(=O)NCc2ccncc2)CCO1. The van der Waals surface area contributed by atoms with Crippen LogP contribution in [0.15, 0.2) is 42.7 Å². The van der Waals surface area contributed by atoms with E-state index in [0.29, 0.717) is 50.6 Å². The van der Waals surface area contributed by atoms with Crippen LogP contribution < -0.4 is 14.8 Å². The summed E-state index contributed by atoms with van der Waals surface area (Å²) in [6, 6.07) is 9.31. The van der Waals surface area contributed by atoms with Crippen LogP contribution in [0.5, 0.6) is 11.5 Å². The monoisotopic (exact) mass is 515 g/mol. The Bertz CT molecular complexity index is 1020. The molecule has 0 spiro atoms. The number of hydrogen-bond donors (Lipinski definition) is 1. The molecule has 0 bridgehead atoms. The quantitative estimate of drug-likeness (QED) is 0.433. The Labute approximate surface area is 215 Å². The molecule has 1 unspecified atom stereocenters. The maximum atomic E-state index is 12.7. The Morgan fingerprint density at radius 1 is 1.14 bits per heavy atom. The number of thioether (sulfide) groups is 1. The maximum absolute atomic E-state index is 12.7. The molecule has 10 heteroatoms. The van der Waals surface area contributed by atoms with Crippen LogP contribution in [0, 0.1) is 0 Å². The summed E-state index contributed by atoms with van der Waals surface area (Å²) < 4.78 is 17.2. The van der Waals surface area contributed by atoms with E-state index in [0.717, 1.165) is 11.1 Å².